The molecule has 0 radical (unpaired) electrons. The zero-order valence-corrected chi connectivity index (χ0v) is 10.3. The van der Waals surface area contributed by atoms with Crippen molar-refractivity contribution in [2.24, 2.45) is 0 Å². The number of aliphatic hydroxyl groups is 1. The fraction of sp³-hybridized carbons (Fsp3) is 0.200. The highest BCUT2D eigenvalue weighted by Gasteiger charge is 2.30. The quantitative estimate of drug-likeness (QED) is 0.863. The van der Waals surface area contributed by atoms with Gasteiger partial charge in [-0.25, -0.2) is 13.2 Å². The Kier molecular flexibility index (Phi) is 3.14. The zero-order chi connectivity index (χ0) is 14.3. The second kappa shape index (κ2) is 4.83. The van der Waals surface area contributed by atoms with Crippen LogP contribution in [-0.4, -0.2) is 5.11 Å². The van der Waals surface area contributed by atoms with Crippen LogP contribution in [0.3, 0.4) is 0 Å². The molecule has 0 fully saturated rings. The van der Waals surface area contributed by atoms with E-state index in [0.29, 0.717) is 5.56 Å². The molecule has 3 rings (SSSR count). The zero-order valence-electron chi connectivity index (χ0n) is 10.3. The summed E-state index contributed by atoms with van der Waals surface area (Å²) in [4.78, 5) is 0. The fourth-order valence-electron chi connectivity index (χ4n) is 2.37. The van der Waals surface area contributed by atoms with Crippen molar-refractivity contribution < 1.29 is 23.0 Å². The Bertz CT molecular complexity index is 658. The first-order valence-electron chi connectivity index (χ1n) is 6.13. The van der Waals surface area contributed by atoms with E-state index in [4.69, 9.17) is 4.74 Å². The number of ether oxygens (including phenoxy) is 1. The van der Waals surface area contributed by atoms with Crippen LogP contribution in [0.5, 0.6) is 5.75 Å². The maximum absolute atomic E-state index is 13.7. The van der Waals surface area contributed by atoms with Gasteiger partial charge in [0.25, 0.3) is 0 Å². The van der Waals surface area contributed by atoms with E-state index < -0.39 is 29.7 Å². The van der Waals surface area contributed by atoms with Gasteiger partial charge in [-0.05, 0) is 30.3 Å². The van der Waals surface area contributed by atoms with E-state index in [2.05, 4.69) is 0 Å². The van der Waals surface area contributed by atoms with Gasteiger partial charge in [0.05, 0.1) is 6.10 Å². The van der Waals surface area contributed by atoms with Crippen LogP contribution in [0.4, 0.5) is 13.2 Å². The molecule has 2 nitrogen and oxygen atoms in total. The molecule has 2 atom stereocenters. The normalized spacial score (nSPS) is 21.2. The van der Waals surface area contributed by atoms with E-state index in [1.807, 2.05) is 0 Å². The smallest absolute Gasteiger partial charge is 0.130 e. The third-order valence-electron chi connectivity index (χ3n) is 3.35. The van der Waals surface area contributed by atoms with E-state index in [-0.39, 0.29) is 17.7 Å². The summed E-state index contributed by atoms with van der Waals surface area (Å²) in [5.74, 6) is -1.58. The lowest BCUT2D eigenvalue weighted by atomic mass is 9.94. The number of aliphatic hydroxyl groups excluding tert-OH is 1. The summed E-state index contributed by atoms with van der Waals surface area (Å²) in [7, 11) is 0. The summed E-state index contributed by atoms with van der Waals surface area (Å²) < 4.78 is 45.6. The molecule has 0 saturated carbocycles. The van der Waals surface area contributed by atoms with Crippen LogP contribution < -0.4 is 4.74 Å². The number of halogens is 3. The maximum atomic E-state index is 13.7. The molecule has 1 N–H and O–H groups in total. The summed E-state index contributed by atoms with van der Waals surface area (Å²) in [6.45, 7) is 0. The van der Waals surface area contributed by atoms with Crippen molar-refractivity contribution in [3.63, 3.8) is 0 Å². The largest absolute Gasteiger partial charge is 0.485 e. The topological polar surface area (TPSA) is 29.5 Å². The van der Waals surface area contributed by atoms with Crippen LogP contribution in [0.25, 0.3) is 0 Å². The number of benzene rings is 2. The third-order valence-corrected chi connectivity index (χ3v) is 3.35. The number of fused-ring (bicyclic) bond motifs is 1. The molecule has 1 heterocycles. The molecule has 0 saturated heterocycles. The molecule has 0 amide bonds. The first kappa shape index (κ1) is 13.0. The van der Waals surface area contributed by atoms with E-state index >= 15 is 0 Å². The Hall–Kier alpha value is -2.01. The molecule has 0 bridgehead atoms. The predicted octanol–water partition coefficient (Wildman–Crippen LogP) is 3.66. The lowest BCUT2D eigenvalue weighted by molar-refractivity contribution is 0.0635. The van der Waals surface area contributed by atoms with Gasteiger partial charge in [-0.2, -0.15) is 0 Å². The predicted molar refractivity (Wildman–Crippen MR) is 65.7 cm³/mol. The van der Waals surface area contributed by atoms with Gasteiger partial charge in [-0.15, -0.1) is 0 Å². The first-order valence-corrected chi connectivity index (χ1v) is 6.13. The van der Waals surface area contributed by atoms with Gasteiger partial charge in [0.1, 0.15) is 29.3 Å². The average molecular weight is 280 g/mol. The molecular formula is C15H11F3O2. The van der Waals surface area contributed by atoms with Crippen molar-refractivity contribution in [3.05, 3.63) is 65.0 Å². The minimum absolute atomic E-state index is 0.0129. The van der Waals surface area contributed by atoms with Gasteiger partial charge >= 0.3 is 0 Å². The van der Waals surface area contributed by atoms with Gasteiger partial charge in [-0.3, -0.25) is 0 Å². The Morgan fingerprint density at radius 3 is 2.45 bits per heavy atom. The van der Waals surface area contributed by atoms with Crippen LogP contribution in [0.2, 0.25) is 0 Å². The van der Waals surface area contributed by atoms with Gasteiger partial charge in [0.15, 0.2) is 0 Å². The van der Waals surface area contributed by atoms with Crippen LogP contribution in [0.1, 0.15) is 29.8 Å². The van der Waals surface area contributed by atoms with Crippen molar-refractivity contribution in [2.75, 3.05) is 0 Å². The monoisotopic (exact) mass is 280 g/mol. The molecule has 1 unspecified atom stereocenters. The Morgan fingerprint density at radius 2 is 1.65 bits per heavy atom. The molecule has 0 aromatic heterocycles. The molecule has 1 aliphatic heterocycles. The molecular weight excluding hydrogens is 269 g/mol. The van der Waals surface area contributed by atoms with Crippen molar-refractivity contribution in [2.45, 2.75) is 18.6 Å². The lowest BCUT2D eigenvalue weighted by Gasteiger charge is -2.30. The lowest BCUT2D eigenvalue weighted by Crippen LogP contribution is -2.20. The van der Waals surface area contributed by atoms with Gasteiger partial charge in [-0.1, -0.05) is 0 Å². The highest BCUT2D eigenvalue weighted by atomic mass is 19.1. The number of hydrogen-bond donors (Lipinski definition) is 1. The van der Waals surface area contributed by atoms with Crippen molar-refractivity contribution in [3.8, 4) is 5.75 Å². The maximum Gasteiger partial charge on any atom is 0.130 e. The SMILES string of the molecule is O[C@@H]1CC(c2cc(F)ccc2F)Oc2cc(F)ccc21. The van der Waals surface area contributed by atoms with E-state index in [1.165, 1.54) is 12.1 Å². The van der Waals surface area contributed by atoms with Crippen LogP contribution >= 0.6 is 0 Å². The van der Waals surface area contributed by atoms with E-state index in [9.17, 15) is 18.3 Å². The Morgan fingerprint density at radius 1 is 0.950 bits per heavy atom. The molecule has 1 aliphatic rings. The average Bonchev–Trinajstić information content (AvgIpc) is 2.41. The third kappa shape index (κ3) is 2.25. The van der Waals surface area contributed by atoms with Crippen LogP contribution in [0.15, 0.2) is 36.4 Å². The molecule has 0 spiro atoms. The van der Waals surface area contributed by atoms with Gasteiger partial charge < -0.3 is 9.84 Å². The molecule has 5 heteroatoms. The van der Waals surface area contributed by atoms with E-state index in [1.54, 1.807) is 0 Å². The summed E-state index contributed by atoms with van der Waals surface area (Å²) in [5.41, 5.74) is 0.457. The Balaban J connectivity index is 2.00. The molecule has 0 aliphatic carbocycles. The minimum Gasteiger partial charge on any atom is -0.485 e. The molecule has 2 aromatic rings. The fourth-order valence-corrected chi connectivity index (χ4v) is 2.37. The molecule has 2 aromatic carbocycles. The second-order valence-electron chi connectivity index (χ2n) is 4.71. The highest BCUT2D eigenvalue weighted by molar-refractivity contribution is 5.39. The van der Waals surface area contributed by atoms with E-state index in [0.717, 1.165) is 24.3 Å². The summed E-state index contributed by atoms with van der Waals surface area (Å²) in [6, 6.07) is 6.80. The van der Waals surface area contributed by atoms with Crippen LogP contribution in [-0.2, 0) is 0 Å². The standard InChI is InChI=1S/C15H11F3O2/c16-8-2-4-12(18)11(5-8)15-7-13(19)10-3-1-9(17)6-14(10)20-15/h1-6,13,15,19H,7H2/t13-,15?/m1/s1. The second-order valence-corrected chi connectivity index (χ2v) is 4.71. The highest BCUT2D eigenvalue weighted by Crippen LogP contribution is 2.41. The Labute approximate surface area is 113 Å². The van der Waals surface area contributed by atoms with Crippen molar-refractivity contribution >= 4 is 0 Å². The van der Waals surface area contributed by atoms with Gasteiger partial charge in [0.2, 0.25) is 0 Å². The summed E-state index contributed by atoms with van der Waals surface area (Å²) >= 11 is 0. The molecule has 104 valence electrons. The number of rotatable bonds is 1. The number of hydrogen-bond acceptors (Lipinski definition) is 2. The van der Waals surface area contributed by atoms with Crippen molar-refractivity contribution in [1.29, 1.82) is 0 Å². The van der Waals surface area contributed by atoms with Crippen LogP contribution in [0, 0.1) is 17.5 Å². The minimum atomic E-state index is -0.910. The first-order chi connectivity index (χ1) is 9.54. The molecule has 20 heavy (non-hydrogen) atoms. The summed E-state index contributed by atoms with van der Waals surface area (Å²) in [5, 5.41) is 10.0. The summed E-state index contributed by atoms with van der Waals surface area (Å²) in [6.07, 6.45) is -1.68. The van der Waals surface area contributed by atoms with Gasteiger partial charge in [0, 0.05) is 23.6 Å². The van der Waals surface area contributed by atoms with Crippen molar-refractivity contribution in [1.82, 2.24) is 0 Å².